The van der Waals surface area contributed by atoms with E-state index >= 15 is 0 Å². The van der Waals surface area contributed by atoms with Crippen molar-refractivity contribution in [3.63, 3.8) is 0 Å². The summed E-state index contributed by atoms with van der Waals surface area (Å²) in [4.78, 5) is 9.00. The summed E-state index contributed by atoms with van der Waals surface area (Å²) < 4.78 is 0. The van der Waals surface area contributed by atoms with Gasteiger partial charge in [0.2, 0.25) is 0 Å². The highest BCUT2D eigenvalue weighted by molar-refractivity contribution is 7.09. The number of hydrogen-bond acceptors (Lipinski definition) is 3. The van der Waals surface area contributed by atoms with Crippen molar-refractivity contribution in [1.82, 2.24) is 15.6 Å². The SMILES string of the molecule is CN=C(NCc1nc(C(C)(C)C)cs1)NC(C)CCC(C)C. The van der Waals surface area contributed by atoms with Crippen molar-refractivity contribution in [3.8, 4) is 0 Å². The minimum absolute atomic E-state index is 0.111. The van der Waals surface area contributed by atoms with Crippen molar-refractivity contribution < 1.29 is 0 Å². The molecule has 1 aromatic rings. The molecule has 4 nitrogen and oxygen atoms in total. The molecule has 1 unspecified atom stereocenters. The zero-order chi connectivity index (χ0) is 16.8. The van der Waals surface area contributed by atoms with Gasteiger partial charge in [0.15, 0.2) is 5.96 Å². The summed E-state index contributed by atoms with van der Waals surface area (Å²) in [5, 5.41) is 10.1. The average molecular weight is 325 g/mol. The number of nitrogens with one attached hydrogen (secondary N) is 2. The maximum atomic E-state index is 4.70. The average Bonchev–Trinajstić information content (AvgIpc) is 2.90. The van der Waals surface area contributed by atoms with Crippen LogP contribution >= 0.6 is 11.3 Å². The highest BCUT2D eigenvalue weighted by Crippen LogP contribution is 2.23. The highest BCUT2D eigenvalue weighted by atomic mass is 32.1. The third-order valence-electron chi connectivity index (χ3n) is 3.51. The van der Waals surface area contributed by atoms with Crippen LogP contribution in [0.5, 0.6) is 0 Å². The van der Waals surface area contributed by atoms with E-state index in [1.807, 2.05) is 7.05 Å². The quantitative estimate of drug-likeness (QED) is 0.616. The van der Waals surface area contributed by atoms with Crippen LogP contribution in [0.1, 0.15) is 65.1 Å². The van der Waals surface area contributed by atoms with Gasteiger partial charge in [0.25, 0.3) is 0 Å². The molecule has 1 aromatic heterocycles. The van der Waals surface area contributed by atoms with Gasteiger partial charge in [-0.1, -0.05) is 34.6 Å². The van der Waals surface area contributed by atoms with Gasteiger partial charge in [-0.05, 0) is 25.7 Å². The Morgan fingerprint density at radius 3 is 2.45 bits per heavy atom. The van der Waals surface area contributed by atoms with E-state index in [0.29, 0.717) is 6.04 Å². The van der Waals surface area contributed by atoms with Gasteiger partial charge in [0.05, 0.1) is 12.2 Å². The lowest BCUT2D eigenvalue weighted by atomic mass is 9.93. The standard InChI is InChI=1S/C17H32N4S/c1-12(2)8-9-13(3)20-16(18-7)19-10-15-21-14(11-22-15)17(4,5)6/h11-13H,8-10H2,1-7H3,(H2,18,19,20). The Hall–Kier alpha value is -1.10. The zero-order valence-electron chi connectivity index (χ0n) is 15.2. The third-order valence-corrected chi connectivity index (χ3v) is 4.36. The first-order valence-electron chi connectivity index (χ1n) is 8.14. The van der Waals surface area contributed by atoms with Crippen LogP contribution in [0.2, 0.25) is 0 Å². The van der Waals surface area contributed by atoms with Gasteiger partial charge in [0, 0.05) is 23.9 Å². The van der Waals surface area contributed by atoms with Gasteiger partial charge in [0.1, 0.15) is 5.01 Å². The molecule has 0 amide bonds. The van der Waals surface area contributed by atoms with E-state index in [1.54, 1.807) is 11.3 Å². The molecule has 2 N–H and O–H groups in total. The second kappa shape index (κ2) is 8.51. The highest BCUT2D eigenvalue weighted by Gasteiger charge is 2.17. The number of rotatable bonds is 6. The molecular formula is C17H32N4S. The summed E-state index contributed by atoms with van der Waals surface area (Å²) in [6, 6.07) is 0.426. The summed E-state index contributed by atoms with van der Waals surface area (Å²) in [5.74, 6) is 1.59. The third kappa shape index (κ3) is 6.77. The Kier molecular flexibility index (Phi) is 7.33. The molecule has 0 saturated heterocycles. The Morgan fingerprint density at radius 2 is 1.95 bits per heavy atom. The number of nitrogens with zero attached hydrogens (tertiary/aromatic N) is 2. The lowest BCUT2D eigenvalue weighted by Gasteiger charge is -2.18. The molecule has 1 rings (SSSR count). The minimum atomic E-state index is 0.111. The Balaban J connectivity index is 2.46. The molecule has 1 atom stereocenters. The van der Waals surface area contributed by atoms with Crippen LogP contribution < -0.4 is 10.6 Å². The van der Waals surface area contributed by atoms with E-state index in [0.717, 1.165) is 35.5 Å². The van der Waals surface area contributed by atoms with E-state index in [-0.39, 0.29) is 5.41 Å². The fraction of sp³-hybridized carbons (Fsp3) is 0.765. The number of aliphatic imine (C=N–C) groups is 1. The van der Waals surface area contributed by atoms with Crippen LogP contribution in [0.3, 0.4) is 0 Å². The number of guanidine groups is 1. The van der Waals surface area contributed by atoms with Gasteiger partial charge >= 0.3 is 0 Å². The van der Waals surface area contributed by atoms with Crippen molar-refractivity contribution in [1.29, 1.82) is 0 Å². The smallest absolute Gasteiger partial charge is 0.191 e. The van der Waals surface area contributed by atoms with Crippen LogP contribution in [-0.2, 0) is 12.0 Å². The van der Waals surface area contributed by atoms with Crippen LogP contribution in [0.25, 0.3) is 0 Å². The molecular weight excluding hydrogens is 292 g/mol. The van der Waals surface area contributed by atoms with Gasteiger partial charge < -0.3 is 10.6 Å². The molecule has 0 aliphatic rings. The van der Waals surface area contributed by atoms with E-state index in [9.17, 15) is 0 Å². The Bertz CT molecular complexity index is 471. The molecule has 126 valence electrons. The second-order valence-electron chi connectivity index (χ2n) is 7.32. The van der Waals surface area contributed by atoms with Crippen LogP contribution in [-0.4, -0.2) is 24.0 Å². The molecule has 0 aliphatic heterocycles. The van der Waals surface area contributed by atoms with Crippen molar-refractivity contribution >= 4 is 17.3 Å². The molecule has 0 saturated carbocycles. The molecule has 0 fully saturated rings. The topological polar surface area (TPSA) is 49.3 Å². The summed E-state index contributed by atoms with van der Waals surface area (Å²) in [6.45, 7) is 14.0. The molecule has 0 aromatic carbocycles. The summed E-state index contributed by atoms with van der Waals surface area (Å²) in [5.41, 5.74) is 1.27. The lowest BCUT2D eigenvalue weighted by Crippen LogP contribution is -2.41. The van der Waals surface area contributed by atoms with Gasteiger partial charge in [-0.15, -0.1) is 11.3 Å². The molecule has 1 heterocycles. The summed E-state index contributed by atoms with van der Waals surface area (Å²) >= 11 is 1.71. The van der Waals surface area contributed by atoms with Crippen molar-refractivity contribution in [2.24, 2.45) is 10.9 Å². The van der Waals surface area contributed by atoms with E-state index in [4.69, 9.17) is 4.98 Å². The monoisotopic (exact) mass is 324 g/mol. The van der Waals surface area contributed by atoms with E-state index < -0.39 is 0 Å². The first-order chi connectivity index (χ1) is 10.2. The largest absolute Gasteiger partial charge is 0.354 e. The van der Waals surface area contributed by atoms with E-state index in [1.165, 1.54) is 6.42 Å². The number of aromatic nitrogens is 1. The fourth-order valence-electron chi connectivity index (χ4n) is 1.98. The first kappa shape index (κ1) is 18.9. The van der Waals surface area contributed by atoms with Crippen LogP contribution in [0, 0.1) is 5.92 Å². The van der Waals surface area contributed by atoms with Crippen LogP contribution in [0.15, 0.2) is 10.4 Å². The maximum absolute atomic E-state index is 4.70. The molecule has 0 radical (unpaired) electrons. The Morgan fingerprint density at radius 1 is 1.27 bits per heavy atom. The zero-order valence-corrected chi connectivity index (χ0v) is 16.0. The molecule has 0 bridgehead atoms. The van der Waals surface area contributed by atoms with E-state index in [2.05, 4.69) is 62.5 Å². The maximum Gasteiger partial charge on any atom is 0.191 e. The van der Waals surface area contributed by atoms with Crippen molar-refractivity contribution in [3.05, 3.63) is 16.1 Å². The molecule has 5 heteroatoms. The first-order valence-corrected chi connectivity index (χ1v) is 9.02. The Labute approximate surface area is 139 Å². The number of hydrogen-bond donors (Lipinski definition) is 2. The normalized spacial score (nSPS) is 14.3. The molecule has 0 spiro atoms. The summed E-state index contributed by atoms with van der Waals surface area (Å²) in [6.07, 6.45) is 2.39. The predicted molar refractivity (Wildman–Crippen MR) is 97.7 cm³/mol. The van der Waals surface area contributed by atoms with Gasteiger partial charge in [-0.3, -0.25) is 4.99 Å². The number of thiazole rings is 1. The summed E-state index contributed by atoms with van der Waals surface area (Å²) in [7, 11) is 1.81. The van der Waals surface area contributed by atoms with Gasteiger partial charge in [-0.2, -0.15) is 0 Å². The van der Waals surface area contributed by atoms with Gasteiger partial charge in [-0.25, -0.2) is 4.98 Å². The fourth-order valence-corrected chi connectivity index (χ4v) is 2.94. The van der Waals surface area contributed by atoms with Crippen molar-refractivity contribution in [2.75, 3.05) is 7.05 Å². The molecule has 0 aliphatic carbocycles. The molecule has 22 heavy (non-hydrogen) atoms. The second-order valence-corrected chi connectivity index (χ2v) is 8.26. The minimum Gasteiger partial charge on any atom is -0.354 e. The van der Waals surface area contributed by atoms with Crippen molar-refractivity contribution in [2.45, 2.75) is 72.4 Å². The van der Waals surface area contributed by atoms with Crippen LogP contribution in [0.4, 0.5) is 0 Å². The predicted octanol–water partition coefficient (Wildman–Crippen LogP) is 3.93. The lowest BCUT2D eigenvalue weighted by molar-refractivity contribution is 0.489.